The van der Waals surface area contributed by atoms with E-state index in [1.54, 1.807) is 0 Å². The van der Waals surface area contributed by atoms with Crippen molar-refractivity contribution in [2.45, 2.75) is 13.1 Å². The minimum absolute atomic E-state index is 0.882. The average Bonchev–Trinajstić information content (AvgIpc) is 2.75. The molecule has 1 nitrogen and oxygen atoms in total. The molecule has 0 aromatic heterocycles. The van der Waals surface area contributed by atoms with E-state index in [0.29, 0.717) is 0 Å². The maximum absolute atomic E-state index is 3.51. The molecule has 0 atom stereocenters. The Labute approximate surface area is 175 Å². The highest BCUT2D eigenvalue weighted by atomic mass is 79.9. The second kappa shape index (κ2) is 8.90. The van der Waals surface area contributed by atoms with Crippen LogP contribution in [-0.2, 0) is 13.1 Å². The van der Waals surface area contributed by atoms with E-state index in [1.165, 1.54) is 27.9 Å². The summed E-state index contributed by atoms with van der Waals surface area (Å²) < 4.78 is 1.10. The lowest BCUT2D eigenvalue weighted by Crippen LogP contribution is -2.22. The van der Waals surface area contributed by atoms with Gasteiger partial charge in [0.1, 0.15) is 0 Å². The molecule has 0 bridgehead atoms. The summed E-state index contributed by atoms with van der Waals surface area (Å²) in [5.41, 5.74) is 6.32. The van der Waals surface area contributed by atoms with Gasteiger partial charge in [-0.2, -0.15) is 0 Å². The van der Waals surface area contributed by atoms with Crippen LogP contribution in [0.25, 0.3) is 11.1 Å². The topological polar surface area (TPSA) is 3.24 Å². The molecule has 0 fully saturated rings. The van der Waals surface area contributed by atoms with Gasteiger partial charge < -0.3 is 4.90 Å². The lowest BCUT2D eigenvalue weighted by molar-refractivity contribution is 0.800. The van der Waals surface area contributed by atoms with Crippen LogP contribution in [0.2, 0.25) is 0 Å². The van der Waals surface area contributed by atoms with Gasteiger partial charge in [0, 0.05) is 23.2 Å². The third kappa shape index (κ3) is 4.71. The summed E-state index contributed by atoms with van der Waals surface area (Å²) in [6, 6.07) is 38.6. The molecule has 2 heteroatoms. The van der Waals surface area contributed by atoms with E-state index in [9.17, 15) is 0 Å². The van der Waals surface area contributed by atoms with Gasteiger partial charge in [-0.1, -0.05) is 101 Å². The summed E-state index contributed by atoms with van der Waals surface area (Å²) in [5.74, 6) is 0. The summed E-state index contributed by atoms with van der Waals surface area (Å²) in [5, 5.41) is 0. The second-order valence-electron chi connectivity index (χ2n) is 6.88. The molecule has 138 valence electrons. The highest BCUT2D eigenvalue weighted by Crippen LogP contribution is 2.26. The van der Waals surface area contributed by atoms with Gasteiger partial charge in [-0.25, -0.2) is 0 Å². The van der Waals surface area contributed by atoms with Crippen molar-refractivity contribution in [2.24, 2.45) is 0 Å². The van der Waals surface area contributed by atoms with Gasteiger partial charge in [-0.15, -0.1) is 0 Å². The van der Waals surface area contributed by atoms with Gasteiger partial charge in [0.15, 0.2) is 0 Å². The molecule has 0 aliphatic carbocycles. The molecule has 0 N–H and O–H groups in total. The highest BCUT2D eigenvalue weighted by molar-refractivity contribution is 9.10. The summed E-state index contributed by atoms with van der Waals surface area (Å²) in [4.78, 5) is 2.43. The molecule has 0 aliphatic rings. The van der Waals surface area contributed by atoms with Gasteiger partial charge in [-0.3, -0.25) is 0 Å². The van der Waals surface area contributed by atoms with Crippen LogP contribution >= 0.6 is 15.9 Å². The quantitative estimate of drug-likeness (QED) is 0.311. The molecular formula is C26H22BrN. The minimum atomic E-state index is 0.882. The van der Waals surface area contributed by atoms with Crippen LogP contribution in [-0.4, -0.2) is 0 Å². The molecule has 0 heterocycles. The van der Waals surface area contributed by atoms with Crippen LogP contribution in [0.1, 0.15) is 11.1 Å². The molecule has 4 rings (SSSR count). The van der Waals surface area contributed by atoms with E-state index in [-0.39, 0.29) is 0 Å². The van der Waals surface area contributed by atoms with Crippen molar-refractivity contribution in [3.05, 3.63) is 125 Å². The van der Waals surface area contributed by atoms with Crippen molar-refractivity contribution in [1.29, 1.82) is 0 Å². The highest BCUT2D eigenvalue weighted by Gasteiger charge is 2.09. The lowest BCUT2D eigenvalue weighted by Gasteiger charge is -2.25. The van der Waals surface area contributed by atoms with E-state index in [4.69, 9.17) is 0 Å². The summed E-state index contributed by atoms with van der Waals surface area (Å²) in [6.45, 7) is 1.76. The van der Waals surface area contributed by atoms with Crippen molar-refractivity contribution in [3.8, 4) is 11.1 Å². The maximum Gasteiger partial charge on any atom is 0.0433 e. The molecule has 0 saturated carbocycles. The third-order valence-electron chi connectivity index (χ3n) is 4.84. The first-order chi connectivity index (χ1) is 13.8. The zero-order valence-electron chi connectivity index (χ0n) is 15.6. The number of halogens is 1. The number of anilines is 1. The van der Waals surface area contributed by atoms with Gasteiger partial charge in [0.05, 0.1) is 0 Å². The van der Waals surface area contributed by atoms with Crippen molar-refractivity contribution in [3.63, 3.8) is 0 Å². The first-order valence-electron chi connectivity index (χ1n) is 9.47. The minimum Gasteiger partial charge on any atom is -0.363 e. The first kappa shape index (κ1) is 18.5. The molecule has 0 unspecified atom stereocenters. The van der Waals surface area contributed by atoms with E-state index >= 15 is 0 Å². The van der Waals surface area contributed by atoms with Crippen LogP contribution in [0.15, 0.2) is 114 Å². The van der Waals surface area contributed by atoms with E-state index < -0.39 is 0 Å². The number of nitrogens with zero attached hydrogens (tertiary/aromatic N) is 1. The van der Waals surface area contributed by atoms with E-state index in [0.717, 1.165) is 17.6 Å². The molecule has 0 amide bonds. The molecule has 0 spiro atoms. The Kier molecular flexibility index (Phi) is 5.89. The van der Waals surface area contributed by atoms with Crippen molar-refractivity contribution in [1.82, 2.24) is 0 Å². The van der Waals surface area contributed by atoms with Crippen molar-refractivity contribution >= 4 is 21.6 Å². The van der Waals surface area contributed by atoms with Crippen molar-refractivity contribution in [2.75, 3.05) is 4.90 Å². The van der Waals surface area contributed by atoms with Crippen LogP contribution in [0.4, 0.5) is 5.69 Å². The molecule has 4 aromatic carbocycles. The second-order valence-corrected chi connectivity index (χ2v) is 7.80. The average molecular weight is 428 g/mol. The van der Waals surface area contributed by atoms with Gasteiger partial charge in [0.25, 0.3) is 0 Å². The van der Waals surface area contributed by atoms with Gasteiger partial charge in [0.2, 0.25) is 0 Å². The molecular weight excluding hydrogens is 406 g/mol. The zero-order chi connectivity index (χ0) is 19.2. The Bertz CT molecular complexity index is 952. The zero-order valence-corrected chi connectivity index (χ0v) is 17.2. The van der Waals surface area contributed by atoms with Crippen molar-refractivity contribution < 1.29 is 0 Å². The van der Waals surface area contributed by atoms with Crippen LogP contribution < -0.4 is 4.90 Å². The Morgan fingerprint density at radius 1 is 0.500 bits per heavy atom. The largest absolute Gasteiger partial charge is 0.363 e. The fraction of sp³-hybridized carbons (Fsp3) is 0.0769. The Balaban J connectivity index is 1.60. The van der Waals surface area contributed by atoms with Gasteiger partial charge >= 0.3 is 0 Å². The molecule has 0 saturated heterocycles. The fourth-order valence-corrected chi connectivity index (χ4v) is 3.62. The van der Waals surface area contributed by atoms with Gasteiger partial charge in [-0.05, 0) is 46.5 Å². The SMILES string of the molecule is Brc1ccc(-c2ccc(N(Cc3ccccc3)Cc3ccccc3)cc2)cc1. The number of rotatable bonds is 6. The predicted octanol–water partition coefficient (Wildman–Crippen LogP) is 7.32. The lowest BCUT2D eigenvalue weighted by atomic mass is 10.0. The predicted molar refractivity (Wildman–Crippen MR) is 122 cm³/mol. The Hall–Kier alpha value is -2.84. The Morgan fingerprint density at radius 2 is 0.929 bits per heavy atom. The monoisotopic (exact) mass is 427 g/mol. The molecule has 0 aliphatic heterocycles. The molecule has 4 aromatic rings. The van der Waals surface area contributed by atoms with Crippen LogP contribution in [0.3, 0.4) is 0 Å². The number of hydrogen-bond acceptors (Lipinski definition) is 1. The Morgan fingerprint density at radius 3 is 1.39 bits per heavy atom. The summed E-state index contributed by atoms with van der Waals surface area (Å²) in [6.07, 6.45) is 0. The maximum atomic E-state index is 3.51. The smallest absolute Gasteiger partial charge is 0.0433 e. The van der Waals surface area contributed by atoms with E-state index in [2.05, 4.69) is 130 Å². The number of hydrogen-bond donors (Lipinski definition) is 0. The standard InChI is InChI=1S/C26H22BrN/c27-25-15-11-23(12-16-25)24-13-17-26(18-14-24)28(19-21-7-3-1-4-8-21)20-22-9-5-2-6-10-22/h1-18H,19-20H2. The third-order valence-corrected chi connectivity index (χ3v) is 5.37. The molecule has 28 heavy (non-hydrogen) atoms. The normalized spacial score (nSPS) is 10.6. The fourth-order valence-electron chi connectivity index (χ4n) is 3.35. The molecule has 0 radical (unpaired) electrons. The summed E-state index contributed by atoms with van der Waals surface area (Å²) in [7, 11) is 0. The summed E-state index contributed by atoms with van der Waals surface area (Å²) >= 11 is 3.51. The van der Waals surface area contributed by atoms with Crippen LogP contribution in [0.5, 0.6) is 0 Å². The number of benzene rings is 4. The first-order valence-corrected chi connectivity index (χ1v) is 10.3. The van der Waals surface area contributed by atoms with E-state index in [1.807, 2.05) is 0 Å². The van der Waals surface area contributed by atoms with Crippen LogP contribution in [0, 0.1) is 0 Å².